The third-order valence-corrected chi connectivity index (χ3v) is 4.28. The molecule has 0 spiro atoms. The largest absolute Gasteiger partial charge is 0.497 e. The molecule has 0 unspecified atom stereocenters. The molecule has 19 heavy (non-hydrogen) atoms. The maximum atomic E-state index is 5.43. The summed E-state index contributed by atoms with van der Waals surface area (Å²) in [5, 5.41) is 3.75. The molecule has 0 atom stereocenters. The topological polar surface area (TPSA) is 30.5 Å². The smallest absolute Gasteiger partial charge is 0.123 e. The lowest BCUT2D eigenvalue weighted by Crippen LogP contribution is -2.32. The van der Waals surface area contributed by atoms with Crippen molar-refractivity contribution in [2.24, 2.45) is 11.8 Å². The molecule has 1 aromatic carbocycles. The lowest BCUT2D eigenvalue weighted by Gasteiger charge is -2.19. The van der Waals surface area contributed by atoms with Crippen molar-refractivity contribution in [3.05, 3.63) is 23.8 Å². The molecule has 1 N–H and O–H groups in total. The number of nitrogens with one attached hydrogen (secondary N) is 1. The highest BCUT2D eigenvalue weighted by Gasteiger charge is 2.41. The normalized spacial score (nSPS) is 18.7. The second kappa shape index (κ2) is 5.41. The molecule has 104 valence electrons. The Hall–Kier alpha value is -1.22. The fraction of sp³-hybridized carbons (Fsp3) is 0.625. The van der Waals surface area contributed by atoms with Crippen molar-refractivity contribution in [1.29, 1.82) is 0 Å². The van der Waals surface area contributed by atoms with E-state index in [-0.39, 0.29) is 0 Å². The first kappa shape index (κ1) is 12.8. The Morgan fingerprint density at radius 1 is 1.11 bits per heavy atom. The first-order valence-electron chi connectivity index (χ1n) is 7.26. The van der Waals surface area contributed by atoms with Crippen LogP contribution >= 0.6 is 0 Å². The molecule has 2 aliphatic rings. The zero-order valence-corrected chi connectivity index (χ0v) is 11.8. The van der Waals surface area contributed by atoms with Gasteiger partial charge in [-0.25, -0.2) is 0 Å². The highest BCUT2D eigenvalue weighted by Crippen LogP contribution is 2.44. The zero-order chi connectivity index (χ0) is 13.2. The average molecular weight is 261 g/mol. The molecule has 2 aliphatic carbocycles. The highest BCUT2D eigenvalue weighted by molar-refractivity contribution is 5.40. The van der Waals surface area contributed by atoms with Gasteiger partial charge in [-0.1, -0.05) is 0 Å². The Morgan fingerprint density at radius 2 is 1.79 bits per heavy atom. The van der Waals surface area contributed by atoms with Gasteiger partial charge in [0, 0.05) is 18.2 Å². The minimum Gasteiger partial charge on any atom is -0.497 e. The summed E-state index contributed by atoms with van der Waals surface area (Å²) < 4.78 is 10.7. The maximum Gasteiger partial charge on any atom is 0.123 e. The summed E-state index contributed by atoms with van der Waals surface area (Å²) in [5.41, 5.74) is 1.19. The molecule has 0 amide bonds. The van der Waals surface area contributed by atoms with Crippen LogP contribution in [0.15, 0.2) is 18.2 Å². The Bertz CT molecular complexity index is 426. The molecular weight excluding hydrogens is 238 g/mol. The summed E-state index contributed by atoms with van der Waals surface area (Å²) in [6.07, 6.45) is 5.62. The molecule has 0 radical (unpaired) electrons. The number of rotatable bonds is 7. The van der Waals surface area contributed by atoms with Gasteiger partial charge in [-0.2, -0.15) is 0 Å². The second-order valence-electron chi connectivity index (χ2n) is 5.76. The Kier molecular flexibility index (Phi) is 3.65. The van der Waals surface area contributed by atoms with Gasteiger partial charge in [0.15, 0.2) is 0 Å². The minimum atomic E-state index is 0.718. The predicted molar refractivity (Wildman–Crippen MR) is 75.6 cm³/mol. The van der Waals surface area contributed by atoms with Crippen LogP contribution in [0, 0.1) is 11.8 Å². The van der Waals surface area contributed by atoms with E-state index in [1.54, 1.807) is 14.2 Å². The van der Waals surface area contributed by atoms with Gasteiger partial charge in [0.25, 0.3) is 0 Å². The molecule has 2 saturated carbocycles. The van der Waals surface area contributed by atoms with E-state index < -0.39 is 0 Å². The van der Waals surface area contributed by atoms with Crippen LogP contribution in [0.25, 0.3) is 0 Å². The molecular formula is C16H23NO2. The van der Waals surface area contributed by atoms with Crippen molar-refractivity contribution in [1.82, 2.24) is 5.32 Å². The van der Waals surface area contributed by atoms with Crippen molar-refractivity contribution < 1.29 is 9.47 Å². The summed E-state index contributed by atoms with van der Waals surface area (Å²) in [6.45, 7) is 0.873. The van der Waals surface area contributed by atoms with Crippen LogP contribution in [0.2, 0.25) is 0 Å². The number of hydrogen-bond donors (Lipinski definition) is 1. The number of benzene rings is 1. The monoisotopic (exact) mass is 261 g/mol. The number of methoxy groups -OCH3 is 2. The van der Waals surface area contributed by atoms with Crippen molar-refractivity contribution in [2.75, 3.05) is 14.2 Å². The zero-order valence-electron chi connectivity index (χ0n) is 11.8. The van der Waals surface area contributed by atoms with Crippen molar-refractivity contribution in [3.63, 3.8) is 0 Å². The molecule has 0 aromatic heterocycles. The van der Waals surface area contributed by atoms with E-state index in [4.69, 9.17) is 9.47 Å². The summed E-state index contributed by atoms with van der Waals surface area (Å²) in [5.74, 6) is 3.68. The standard InChI is InChI=1S/C16H23NO2/c1-18-14-7-8-15(19-2)13(9-14)10-17-16(11-3-4-11)12-5-6-12/h7-9,11-12,16-17H,3-6,10H2,1-2H3. The van der Waals surface area contributed by atoms with Gasteiger partial charge < -0.3 is 14.8 Å². The fourth-order valence-electron chi connectivity index (χ4n) is 2.88. The first-order valence-corrected chi connectivity index (χ1v) is 7.26. The number of hydrogen-bond acceptors (Lipinski definition) is 3. The van der Waals surface area contributed by atoms with Crippen LogP contribution in [0.1, 0.15) is 31.2 Å². The van der Waals surface area contributed by atoms with E-state index in [1.807, 2.05) is 12.1 Å². The van der Waals surface area contributed by atoms with E-state index in [0.717, 1.165) is 35.9 Å². The Morgan fingerprint density at radius 3 is 2.32 bits per heavy atom. The average Bonchev–Trinajstić information content (AvgIpc) is 3.31. The maximum absolute atomic E-state index is 5.43. The summed E-state index contributed by atoms with van der Waals surface area (Å²) in [7, 11) is 3.43. The van der Waals surface area contributed by atoms with E-state index in [2.05, 4.69) is 11.4 Å². The van der Waals surface area contributed by atoms with Crippen LogP contribution in [-0.4, -0.2) is 20.3 Å². The van der Waals surface area contributed by atoms with Crippen LogP contribution in [0.3, 0.4) is 0 Å². The molecule has 0 bridgehead atoms. The summed E-state index contributed by atoms with van der Waals surface area (Å²) in [6, 6.07) is 6.72. The minimum absolute atomic E-state index is 0.718. The van der Waals surface area contributed by atoms with Gasteiger partial charge in [-0.05, 0) is 55.7 Å². The van der Waals surface area contributed by atoms with Gasteiger partial charge in [-0.3, -0.25) is 0 Å². The molecule has 3 heteroatoms. The van der Waals surface area contributed by atoms with Crippen molar-refractivity contribution in [2.45, 2.75) is 38.3 Å². The van der Waals surface area contributed by atoms with E-state index >= 15 is 0 Å². The fourth-order valence-corrected chi connectivity index (χ4v) is 2.88. The van der Waals surface area contributed by atoms with Gasteiger partial charge >= 0.3 is 0 Å². The van der Waals surface area contributed by atoms with Gasteiger partial charge in [0.1, 0.15) is 11.5 Å². The molecule has 2 fully saturated rings. The van der Waals surface area contributed by atoms with Crippen LogP contribution < -0.4 is 14.8 Å². The second-order valence-corrected chi connectivity index (χ2v) is 5.76. The van der Waals surface area contributed by atoms with Crippen molar-refractivity contribution >= 4 is 0 Å². The molecule has 0 aliphatic heterocycles. The molecule has 0 saturated heterocycles. The highest BCUT2D eigenvalue weighted by atomic mass is 16.5. The predicted octanol–water partition coefficient (Wildman–Crippen LogP) is 2.98. The van der Waals surface area contributed by atoms with Crippen LogP contribution in [0.4, 0.5) is 0 Å². The third-order valence-electron chi connectivity index (χ3n) is 4.28. The van der Waals surface area contributed by atoms with Gasteiger partial charge in [0.2, 0.25) is 0 Å². The first-order chi connectivity index (χ1) is 9.31. The molecule has 1 aromatic rings. The molecule has 3 nitrogen and oxygen atoms in total. The number of ether oxygens (including phenoxy) is 2. The quantitative estimate of drug-likeness (QED) is 0.818. The lowest BCUT2D eigenvalue weighted by molar-refractivity contribution is 0.384. The summed E-state index contributed by atoms with van der Waals surface area (Å²) >= 11 is 0. The summed E-state index contributed by atoms with van der Waals surface area (Å²) in [4.78, 5) is 0. The lowest BCUT2D eigenvalue weighted by atomic mass is 10.1. The van der Waals surface area contributed by atoms with Gasteiger partial charge in [-0.15, -0.1) is 0 Å². The van der Waals surface area contributed by atoms with Crippen molar-refractivity contribution in [3.8, 4) is 11.5 Å². The van der Waals surface area contributed by atoms with Gasteiger partial charge in [0.05, 0.1) is 14.2 Å². The van der Waals surface area contributed by atoms with E-state index in [9.17, 15) is 0 Å². The van der Waals surface area contributed by atoms with Crippen LogP contribution in [0.5, 0.6) is 11.5 Å². The van der Waals surface area contributed by atoms with Crippen LogP contribution in [-0.2, 0) is 6.54 Å². The third kappa shape index (κ3) is 3.03. The van der Waals surface area contributed by atoms with E-state index in [0.29, 0.717) is 0 Å². The Labute approximate surface area is 115 Å². The molecule has 0 heterocycles. The molecule has 3 rings (SSSR count). The van der Waals surface area contributed by atoms with E-state index in [1.165, 1.54) is 31.2 Å². The SMILES string of the molecule is COc1ccc(OC)c(CNC(C2CC2)C2CC2)c1. The Balaban J connectivity index is 1.67.